The minimum atomic E-state index is -5.10. The molecule has 0 saturated heterocycles. The summed E-state index contributed by atoms with van der Waals surface area (Å²) in [6, 6.07) is 17.6. The first kappa shape index (κ1) is 32.2. The quantitative estimate of drug-likeness (QED) is 0.141. The van der Waals surface area contributed by atoms with Crippen molar-refractivity contribution in [2.24, 2.45) is 0 Å². The van der Waals surface area contributed by atoms with Crippen LogP contribution in [-0.4, -0.2) is 25.6 Å². The van der Waals surface area contributed by atoms with Gasteiger partial charge in [0.2, 0.25) is 0 Å². The van der Waals surface area contributed by atoms with Crippen molar-refractivity contribution in [2.75, 3.05) is 12.4 Å². The highest BCUT2D eigenvalue weighted by Crippen LogP contribution is 2.41. The van der Waals surface area contributed by atoms with E-state index in [4.69, 9.17) is 4.74 Å². The monoisotopic (exact) mass is 627 g/mol. The maximum atomic E-state index is 15.0. The number of hydrogen-bond donors (Lipinski definition) is 1. The molecule has 0 aliphatic rings. The second-order valence-electron chi connectivity index (χ2n) is 9.59. The van der Waals surface area contributed by atoms with Gasteiger partial charge in [-0.1, -0.05) is 42.5 Å². The highest BCUT2D eigenvalue weighted by atomic mass is 19.4. The molecule has 4 rings (SSSR count). The predicted molar refractivity (Wildman–Crippen MR) is 142 cm³/mol. The summed E-state index contributed by atoms with van der Waals surface area (Å²) in [5, 5.41) is 2.88. The predicted octanol–water partition coefficient (Wildman–Crippen LogP) is 8.61. The van der Waals surface area contributed by atoms with E-state index >= 15 is 4.39 Å². The third-order valence-electron chi connectivity index (χ3n) is 6.61. The number of benzene rings is 4. The fourth-order valence-electron chi connectivity index (χ4n) is 4.61. The standard InChI is InChI=1S/C31H22F9NO3/c1-43-27(42)19-7-9-20(10-8-19)29(17-18-5-3-2-4-6-18,41-23-11-12-26(33)25(16-23)30(36,37)38)21-13-22(32)15-24(14-21)44-31(39,40)28(34)35/h2-16,28,41H,17H2,1H3. The first-order chi connectivity index (χ1) is 20.6. The largest absolute Gasteiger partial charge is 0.465 e. The average Bonchev–Trinajstić information content (AvgIpc) is 2.96. The van der Waals surface area contributed by atoms with Gasteiger partial charge in [-0.05, 0) is 59.2 Å². The third-order valence-corrected chi connectivity index (χ3v) is 6.61. The molecule has 0 aromatic heterocycles. The van der Waals surface area contributed by atoms with Crippen LogP contribution < -0.4 is 10.1 Å². The fraction of sp³-hybridized carbons (Fsp3) is 0.194. The van der Waals surface area contributed by atoms with E-state index in [2.05, 4.69) is 10.1 Å². The second kappa shape index (κ2) is 12.5. The van der Waals surface area contributed by atoms with Crippen molar-refractivity contribution in [3.63, 3.8) is 0 Å². The van der Waals surface area contributed by atoms with Gasteiger partial charge in [0.25, 0.3) is 0 Å². The normalized spacial score (nSPS) is 13.3. The minimum absolute atomic E-state index is 0.0610. The number of rotatable bonds is 10. The molecule has 232 valence electrons. The van der Waals surface area contributed by atoms with Crippen LogP contribution in [0.1, 0.15) is 32.6 Å². The summed E-state index contributed by atoms with van der Waals surface area (Å²) in [6.45, 7) is 0. The Hall–Kier alpha value is -4.68. The van der Waals surface area contributed by atoms with Crippen LogP contribution in [-0.2, 0) is 22.9 Å². The molecule has 4 aromatic rings. The van der Waals surface area contributed by atoms with Crippen LogP contribution in [0.4, 0.5) is 45.2 Å². The van der Waals surface area contributed by atoms with Crippen molar-refractivity contribution in [2.45, 2.75) is 30.7 Å². The van der Waals surface area contributed by atoms with E-state index in [0.717, 1.165) is 25.3 Å². The molecular weight excluding hydrogens is 605 g/mol. The van der Waals surface area contributed by atoms with Crippen LogP contribution in [0.25, 0.3) is 0 Å². The number of halogens is 9. The number of carbonyl (C=O) groups excluding carboxylic acids is 1. The molecule has 44 heavy (non-hydrogen) atoms. The summed E-state index contributed by atoms with van der Waals surface area (Å²) in [5.41, 5.74) is -3.34. The van der Waals surface area contributed by atoms with Gasteiger partial charge in [-0.2, -0.15) is 30.7 Å². The van der Waals surface area contributed by atoms with E-state index in [-0.39, 0.29) is 28.8 Å². The molecule has 4 aromatic carbocycles. The molecule has 13 heteroatoms. The molecule has 1 unspecified atom stereocenters. The van der Waals surface area contributed by atoms with Crippen LogP contribution in [0.2, 0.25) is 0 Å². The van der Waals surface area contributed by atoms with E-state index in [1.807, 2.05) is 0 Å². The summed E-state index contributed by atoms with van der Waals surface area (Å²) in [7, 11) is 1.13. The summed E-state index contributed by atoms with van der Waals surface area (Å²) in [5.74, 6) is -4.52. The highest BCUT2D eigenvalue weighted by molar-refractivity contribution is 5.89. The van der Waals surface area contributed by atoms with Crippen molar-refractivity contribution >= 4 is 11.7 Å². The summed E-state index contributed by atoms with van der Waals surface area (Å²) < 4.78 is 133. The van der Waals surface area contributed by atoms with Gasteiger partial charge >= 0.3 is 24.7 Å². The zero-order valence-corrected chi connectivity index (χ0v) is 22.6. The van der Waals surface area contributed by atoms with E-state index in [1.54, 1.807) is 30.3 Å². The van der Waals surface area contributed by atoms with Crippen molar-refractivity contribution in [3.05, 3.63) is 130 Å². The maximum Gasteiger partial charge on any atom is 0.461 e. The van der Waals surface area contributed by atoms with Gasteiger partial charge in [0.15, 0.2) is 0 Å². The maximum absolute atomic E-state index is 15.0. The molecule has 1 N–H and O–H groups in total. The molecule has 0 amide bonds. The van der Waals surface area contributed by atoms with E-state index in [9.17, 15) is 39.9 Å². The van der Waals surface area contributed by atoms with E-state index in [0.29, 0.717) is 23.8 Å². The average molecular weight is 628 g/mol. The van der Waals surface area contributed by atoms with E-state index < -0.39 is 53.2 Å². The van der Waals surface area contributed by atoms with E-state index in [1.165, 1.54) is 24.3 Å². The Morgan fingerprint density at radius 1 is 0.818 bits per heavy atom. The molecule has 4 nitrogen and oxygen atoms in total. The molecule has 0 spiro atoms. The summed E-state index contributed by atoms with van der Waals surface area (Å²) in [6.07, 6.45) is -14.6. The van der Waals surface area contributed by atoms with Crippen LogP contribution in [0.5, 0.6) is 5.75 Å². The van der Waals surface area contributed by atoms with Crippen LogP contribution in [0.15, 0.2) is 91.0 Å². The lowest BCUT2D eigenvalue weighted by atomic mass is 9.77. The van der Waals surface area contributed by atoms with Crippen molar-refractivity contribution in [1.82, 2.24) is 0 Å². The molecule has 0 fully saturated rings. The molecule has 0 heterocycles. The number of hydrogen-bond acceptors (Lipinski definition) is 4. The Labute approximate surface area is 245 Å². The number of nitrogens with one attached hydrogen (secondary N) is 1. The highest BCUT2D eigenvalue weighted by Gasteiger charge is 2.45. The van der Waals surface area contributed by atoms with Crippen LogP contribution in [0.3, 0.4) is 0 Å². The van der Waals surface area contributed by atoms with Crippen molar-refractivity contribution < 1.29 is 53.8 Å². The lowest BCUT2D eigenvalue weighted by Crippen LogP contribution is -2.40. The Bertz CT molecular complexity index is 1610. The molecule has 0 bridgehead atoms. The first-order valence-corrected chi connectivity index (χ1v) is 12.7. The molecule has 0 radical (unpaired) electrons. The SMILES string of the molecule is COC(=O)c1ccc(C(Cc2ccccc2)(Nc2ccc(F)c(C(F)(F)F)c2)c2cc(F)cc(OC(F)(F)C(F)F)c2)cc1. The van der Waals surface area contributed by atoms with Gasteiger partial charge in [-0.15, -0.1) is 0 Å². The number of anilines is 1. The Morgan fingerprint density at radius 3 is 2.07 bits per heavy atom. The first-order valence-electron chi connectivity index (χ1n) is 12.7. The fourth-order valence-corrected chi connectivity index (χ4v) is 4.61. The Morgan fingerprint density at radius 2 is 1.48 bits per heavy atom. The Balaban J connectivity index is 2.01. The molecular formula is C31H22F9NO3. The number of ether oxygens (including phenoxy) is 2. The second-order valence-corrected chi connectivity index (χ2v) is 9.59. The van der Waals surface area contributed by atoms with Gasteiger partial charge in [0.1, 0.15) is 17.4 Å². The van der Waals surface area contributed by atoms with Crippen LogP contribution in [0, 0.1) is 11.6 Å². The lowest BCUT2D eigenvalue weighted by Gasteiger charge is -2.38. The van der Waals surface area contributed by atoms with Crippen LogP contribution >= 0.6 is 0 Å². The third kappa shape index (κ3) is 7.09. The van der Waals surface area contributed by atoms with Gasteiger partial charge in [0, 0.05) is 18.2 Å². The van der Waals surface area contributed by atoms with Gasteiger partial charge in [0.05, 0.1) is 23.8 Å². The minimum Gasteiger partial charge on any atom is -0.465 e. The van der Waals surface area contributed by atoms with Gasteiger partial charge < -0.3 is 14.8 Å². The molecule has 0 aliphatic carbocycles. The van der Waals surface area contributed by atoms with Gasteiger partial charge in [-0.25, -0.2) is 13.6 Å². The molecule has 1 atom stereocenters. The molecule has 0 aliphatic heterocycles. The smallest absolute Gasteiger partial charge is 0.461 e. The summed E-state index contributed by atoms with van der Waals surface area (Å²) in [4.78, 5) is 12.1. The number of alkyl halides is 7. The topological polar surface area (TPSA) is 47.6 Å². The van der Waals surface area contributed by atoms with Crippen molar-refractivity contribution in [1.29, 1.82) is 0 Å². The summed E-state index contributed by atoms with van der Waals surface area (Å²) >= 11 is 0. The number of carbonyl (C=O) groups is 1. The zero-order valence-electron chi connectivity index (χ0n) is 22.6. The number of esters is 1. The number of methoxy groups -OCH3 is 1. The zero-order chi connectivity index (χ0) is 32.3. The molecule has 0 saturated carbocycles. The van der Waals surface area contributed by atoms with Crippen molar-refractivity contribution in [3.8, 4) is 5.75 Å². The van der Waals surface area contributed by atoms with Gasteiger partial charge in [-0.3, -0.25) is 0 Å². The lowest BCUT2D eigenvalue weighted by molar-refractivity contribution is -0.253. The Kier molecular flexibility index (Phi) is 9.17.